The first-order valence-corrected chi connectivity index (χ1v) is 8.87. The van der Waals surface area contributed by atoms with E-state index in [9.17, 15) is 9.59 Å². The van der Waals surface area contributed by atoms with Crippen molar-refractivity contribution in [3.8, 4) is 0 Å². The van der Waals surface area contributed by atoms with Crippen molar-refractivity contribution < 1.29 is 9.59 Å². The summed E-state index contributed by atoms with van der Waals surface area (Å²) >= 11 is 5.87. The smallest absolute Gasteiger partial charge is 0.246 e. The molecule has 0 spiro atoms. The topological polar surface area (TPSA) is 49.4 Å². The van der Waals surface area contributed by atoms with Crippen molar-refractivity contribution in [2.45, 2.75) is 25.3 Å². The number of carbonyl (C=O) groups is 2. The molecule has 1 aliphatic heterocycles. The van der Waals surface area contributed by atoms with Crippen molar-refractivity contribution in [2.24, 2.45) is 0 Å². The number of hydrogen-bond acceptors (Lipinski definition) is 3. The molecule has 0 aliphatic carbocycles. The van der Waals surface area contributed by atoms with E-state index < -0.39 is 6.04 Å². The van der Waals surface area contributed by atoms with Gasteiger partial charge in [-0.25, -0.2) is 0 Å². The predicted molar refractivity (Wildman–Crippen MR) is 98.4 cm³/mol. The maximum Gasteiger partial charge on any atom is 0.246 e. The molecule has 1 heterocycles. The average Bonchev–Trinajstić information content (AvgIpc) is 2.89. The number of amides is 2. The van der Waals surface area contributed by atoms with Crippen LogP contribution in [0, 0.1) is 0 Å². The standard InChI is InChI=1S/C20H21ClN2O2/c21-17-8-6-16(7-9-17)10-12-22-18-14-19(24)23(20(18)25)13-11-15-4-2-1-3-5-15/h1-9,18,22H,10-14H2/t18-/m0/s1. The Morgan fingerprint density at radius 3 is 2.36 bits per heavy atom. The lowest BCUT2D eigenvalue weighted by Crippen LogP contribution is -2.40. The number of carbonyl (C=O) groups excluding carboxylic acids is 2. The van der Waals surface area contributed by atoms with Crippen LogP contribution in [-0.2, 0) is 22.4 Å². The van der Waals surface area contributed by atoms with Crippen LogP contribution in [0.25, 0.3) is 0 Å². The number of nitrogens with one attached hydrogen (secondary N) is 1. The number of imide groups is 1. The summed E-state index contributed by atoms with van der Waals surface area (Å²) in [7, 11) is 0. The molecule has 4 nitrogen and oxygen atoms in total. The fourth-order valence-corrected chi connectivity index (χ4v) is 3.13. The van der Waals surface area contributed by atoms with Gasteiger partial charge < -0.3 is 5.32 Å². The van der Waals surface area contributed by atoms with E-state index in [0.29, 0.717) is 24.5 Å². The summed E-state index contributed by atoms with van der Waals surface area (Å²) in [5.74, 6) is -0.207. The molecule has 5 heteroatoms. The number of rotatable bonds is 7. The van der Waals surface area contributed by atoms with Crippen molar-refractivity contribution in [3.05, 3.63) is 70.7 Å². The lowest BCUT2D eigenvalue weighted by molar-refractivity contribution is -0.138. The number of nitrogens with zero attached hydrogens (tertiary/aromatic N) is 1. The molecule has 130 valence electrons. The highest BCUT2D eigenvalue weighted by Crippen LogP contribution is 2.15. The highest BCUT2D eigenvalue weighted by Gasteiger charge is 2.37. The van der Waals surface area contributed by atoms with Gasteiger partial charge in [0.05, 0.1) is 12.5 Å². The first-order chi connectivity index (χ1) is 12.1. The van der Waals surface area contributed by atoms with E-state index in [1.165, 1.54) is 4.90 Å². The van der Waals surface area contributed by atoms with E-state index in [1.54, 1.807) is 0 Å². The Balaban J connectivity index is 1.48. The molecule has 1 fully saturated rings. The third-order valence-electron chi connectivity index (χ3n) is 4.43. The van der Waals surface area contributed by atoms with Crippen molar-refractivity contribution >= 4 is 23.4 Å². The summed E-state index contributed by atoms with van der Waals surface area (Å²) in [6, 6.07) is 17.1. The van der Waals surface area contributed by atoms with Crippen molar-refractivity contribution in [3.63, 3.8) is 0 Å². The molecule has 1 saturated heterocycles. The number of halogens is 1. The Hall–Kier alpha value is -2.17. The second-order valence-electron chi connectivity index (χ2n) is 6.21. The molecule has 25 heavy (non-hydrogen) atoms. The fourth-order valence-electron chi connectivity index (χ4n) is 3.00. The molecule has 0 aromatic heterocycles. The van der Waals surface area contributed by atoms with Gasteiger partial charge in [0.15, 0.2) is 0 Å². The molecular weight excluding hydrogens is 336 g/mol. The quantitative estimate of drug-likeness (QED) is 0.776. The van der Waals surface area contributed by atoms with Gasteiger partial charge in [0.2, 0.25) is 11.8 Å². The molecule has 2 aromatic carbocycles. The minimum Gasteiger partial charge on any atom is -0.305 e. The third-order valence-corrected chi connectivity index (χ3v) is 4.68. The lowest BCUT2D eigenvalue weighted by atomic mass is 10.1. The van der Waals surface area contributed by atoms with Crippen LogP contribution < -0.4 is 5.32 Å². The zero-order valence-corrected chi connectivity index (χ0v) is 14.7. The molecule has 0 radical (unpaired) electrons. The van der Waals surface area contributed by atoms with Gasteiger partial charge in [-0.3, -0.25) is 14.5 Å². The normalized spacial score (nSPS) is 17.3. The molecule has 3 rings (SSSR count). The highest BCUT2D eigenvalue weighted by atomic mass is 35.5. The van der Waals surface area contributed by atoms with Crippen LogP contribution in [0.15, 0.2) is 54.6 Å². The molecule has 2 amide bonds. The zero-order valence-electron chi connectivity index (χ0n) is 14.0. The van der Waals surface area contributed by atoms with E-state index in [2.05, 4.69) is 5.32 Å². The van der Waals surface area contributed by atoms with Crippen LogP contribution in [0.5, 0.6) is 0 Å². The van der Waals surface area contributed by atoms with Crippen LogP contribution >= 0.6 is 11.6 Å². The largest absolute Gasteiger partial charge is 0.305 e. The third kappa shape index (κ3) is 4.68. The highest BCUT2D eigenvalue weighted by molar-refractivity contribution is 6.30. The zero-order chi connectivity index (χ0) is 17.6. The minimum absolute atomic E-state index is 0.0927. The summed E-state index contributed by atoms with van der Waals surface area (Å²) < 4.78 is 0. The van der Waals surface area contributed by atoms with Crippen molar-refractivity contribution in [2.75, 3.05) is 13.1 Å². The van der Waals surface area contributed by atoms with E-state index in [0.717, 1.165) is 17.5 Å². The number of likely N-dealkylation sites (tertiary alicyclic amines) is 1. The summed E-state index contributed by atoms with van der Waals surface area (Å²) in [6.07, 6.45) is 1.73. The molecule has 0 saturated carbocycles. The first kappa shape index (κ1) is 17.6. The van der Waals surface area contributed by atoms with E-state index in [4.69, 9.17) is 11.6 Å². The number of hydrogen-bond donors (Lipinski definition) is 1. The van der Waals surface area contributed by atoms with Gasteiger partial charge in [-0.05, 0) is 42.6 Å². The Kier molecular flexibility index (Phi) is 5.84. The second kappa shape index (κ2) is 8.28. The van der Waals surface area contributed by atoms with Crippen molar-refractivity contribution in [1.82, 2.24) is 10.2 Å². The maximum atomic E-state index is 12.4. The van der Waals surface area contributed by atoms with E-state index in [1.807, 2.05) is 54.6 Å². The number of benzene rings is 2. The molecule has 1 aliphatic rings. The van der Waals surface area contributed by atoms with Crippen LogP contribution in [0.1, 0.15) is 17.5 Å². The van der Waals surface area contributed by atoms with Crippen LogP contribution in [-0.4, -0.2) is 35.8 Å². The van der Waals surface area contributed by atoms with E-state index >= 15 is 0 Å². The fraction of sp³-hybridized carbons (Fsp3) is 0.300. The second-order valence-corrected chi connectivity index (χ2v) is 6.64. The molecule has 1 atom stereocenters. The van der Waals surface area contributed by atoms with Gasteiger partial charge in [0.25, 0.3) is 0 Å². The SMILES string of the molecule is O=C1C[C@H](NCCc2ccc(Cl)cc2)C(=O)N1CCc1ccccc1. The van der Waals surface area contributed by atoms with Gasteiger partial charge in [-0.1, -0.05) is 54.1 Å². The summed E-state index contributed by atoms with van der Waals surface area (Å²) in [4.78, 5) is 26.0. The van der Waals surface area contributed by atoms with Crippen molar-refractivity contribution in [1.29, 1.82) is 0 Å². The maximum absolute atomic E-state index is 12.4. The van der Waals surface area contributed by atoms with Gasteiger partial charge in [-0.15, -0.1) is 0 Å². The van der Waals surface area contributed by atoms with Gasteiger partial charge >= 0.3 is 0 Å². The molecule has 0 unspecified atom stereocenters. The predicted octanol–water partition coefficient (Wildman–Crippen LogP) is 2.84. The lowest BCUT2D eigenvalue weighted by Gasteiger charge is -2.15. The summed E-state index contributed by atoms with van der Waals surface area (Å²) in [5, 5.41) is 3.92. The Morgan fingerprint density at radius 2 is 1.64 bits per heavy atom. The molecule has 0 bridgehead atoms. The van der Waals surface area contributed by atoms with Crippen LogP contribution in [0.3, 0.4) is 0 Å². The van der Waals surface area contributed by atoms with Crippen LogP contribution in [0.4, 0.5) is 0 Å². The van der Waals surface area contributed by atoms with E-state index in [-0.39, 0.29) is 18.2 Å². The Bertz CT molecular complexity index is 731. The van der Waals surface area contributed by atoms with Gasteiger partial charge in [0.1, 0.15) is 0 Å². The molecule has 2 aromatic rings. The Morgan fingerprint density at radius 1 is 0.960 bits per heavy atom. The minimum atomic E-state index is -0.407. The average molecular weight is 357 g/mol. The summed E-state index contributed by atoms with van der Waals surface area (Å²) in [6.45, 7) is 1.09. The molecule has 1 N–H and O–H groups in total. The monoisotopic (exact) mass is 356 g/mol. The van der Waals surface area contributed by atoms with Crippen LogP contribution in [0.2, 0.25) is 5.02 Å². The van der Waals surface area contributed by atoms with Gasteiger partial charge in [-0.2, -0.15) is 0 Å². The first-order valence-electron chi connectivity index (χ1n) is 8.49. The Labute approximate surface area is 152 Å². The van der Waals surface area contributed by atoms with Gasteiger partial charge in [0, 0.05) is 11.6 Å². The summed E-state index contributed by atoms with van der Waals surface area (Å²) in [5.41, 5.74) is 2.27. The molecular formula is C20H21ClN2O2.